The Balaban J connectivity index is 2.33. The Kier molecular flexibility index (Phi) is 7.42. The molecule has 0 bridgehead atoms. The summed E-state index contributed by atoms with van der Waals surface area (Å²) in [5, 5.41) is 9.25. The van der Waals surface area contributed by atoms with Gasteiger partial charge in [0.15, 0.2) is 5.96 Å². The molecule has 1 aromatic heterocycles. The number of aliphatic imine (C=N–C) groups is 1. The Morgan fingerprint density at radius 3 is 2.68 bits per heavy atom. The van der Waals surface area contributed by atoms with E-state index in [-0.39, 0.29) is 18.0 Å². The van der Waals surface area contributed by atoms with Gasteiger partial charge in [0.05, 0.1) is 6.33 Å². The van der Waals surface area contributed by atoms with Gasteiger partial charge in [-0.25, -0.2) is 9.98 Å². The zero-order chi connectivity index (χ0) is 16.4. The molecule has 0 unspecified atom stereocenters. The number of guanidine groups is 1. The third kappa shape index (κ3) is 8.28. The summed E-state index contributed by atoms with van der Waals surface area (Å²) < 4.78 is 2.03. The summed E-state index contributed by atoms with van der Waals surface area (Å²) in [4.78, 5) is 20.1. The van der Waals surface area contributed by atoms with Crippen LogP contribution >= 0.6 is 0 Å². The minimum Gasteiger partial charge on any atom is -0.357 e. The van der Waals surface area contributed by atoms with Gasteiger partial charge < -0.3 is 20.5 Å². The monoisotopic (exact) mass is 308 g/mol. The summed E-state index contributed by atoms with van der Waals surface area (Å²) in [6, 6.07) is 0. The Bertz CT molecular complexity index is 461. The van der Waals surface area contributed by atoms with Crippen LogP contribution in [0.2, 0.25) is 0 Å². The van der Waals surface area contributed by atoms with Crippen molar-refractivity contribution >= 4 is 11.9 Å². The topological polar surface area (TPSA) is 83.3 Å². The lowest BCUT2D eigenvalue weighted by Crippen LogP contribution is -2.43. The van der Waals surface area contributed by atoms with Crippen molar-refractivity contribution in [1.29, 1.82) is 0 Å². The predicted octanol–water partition coefficient (Wildman–Crippen LogP) is 0.743. The van der Waals surface area contributed by atoms with Crippen molar-refractivity contribution in [2.75, 3.05) is 19.6 Å². The fourth-order valence-electron chi connectivity index (χ4n) is 1.84. The first-order valence-electron chi connectivity index (χ1n) is 7.69. The van der Waals surface area contributed by atoms with Crippen LogP contribution in [0.1, 0.15) is 34.1 Å². The standard InChI is InChI=1S/C15H28N6O/c1-5-17-14(19-11-13(22)20-15(2,3)4)18-7-6-9-21-10-8-16-12-21/h8,10,12H,5-7,9,11H2,1-4H3,(H,20,22)(H2,17,18,19). The molecule has 1 aromatic rings. The van der Waals surface area contributed by atoms with Crippen molar-refractivity contribution < 1.29 is 4.79 Å². The quantitative estimate of drug-likeness (QED) is 0.394. The van der Waals surface area contributed by atoms with Crippen LogP contribution in [0.3, 0.4) is 0 Å². The first-order chi connectivity index (χ1) is 10.4. The highest BCUT2D eigenvalue weighted by Crippen LogP contribution is 1.97. The number of rotatable bonds is 7. The van der Waals surface area contributed by atoms with Gasteiger partial charge in [0, 0.05) is 37.6 Å². The van der Waals surface area contributed by atoms with Crippen LogP contribution in [0.25, 0.3) is 0 Å². The molecule has 0 radical (unpaired) electrons. The number of carbonyl (C=O) groups is 1. The van der Waals surface area contributed by atoms with Gasteiger partial charge in [-0.05, 0) is 34.1 Å². The lowest BCUT2D eigenvalue weighted by Gasteiger charge is -2.20. The summed E-state index contributed by atoms with van der Waals surface area (Å²) in [5.41, 5.74) is -0.233. The number of aromatic nitrogens is 2. The van der Waals surface area contributed by atoms with E-state index < -0.39 is 0 Å². The number of imidazole rings is 1. The summed E-state index contributed by atoms with van der Waals surface area (Å²) in [6.45, 7) is 10.4. The first-order valence-corrected chi connectivity index (χ1v) is 7.69. The zero-order valence-corrected chi connectivity index (χ0v) is 14.0. The molecular weight excluding hydrogens is 280 g/mol. The molecule has 1 heterocycles. The van der Waals surface area contributed by atoms with E-state index in [9.17, 15) is 4.79 Å². The Morgan fingerprint density at radius 2 is 2.09 bits per heavy atom. The Labute approximate surface area is 132 Å². The number of aryl methyl sites for hydroxylation is 1. The molecule has 0 aliphatic rings. The number of nitrogens with zero attached hydrogens (tertiary/aromatic N) is 3. The highest BCUT2D eigenvalue weighted by atomic mass is 16.2. The van der Waals surface area contributed by atoms with Gasteiger partial charge >= 0.3 is 0 Å². The summed E-state index contributed by atoms with van der Waals surface area (Å²) in [7, 11) is 0. The third-order valence-electron chi connectivity index (χ3n) is 2.68. The van der Waals surface area contributed by atoms with Crippen LogP contribution in [0.4, 0.5) is 0 Å². The van der Waals surface area contributed by atoms with E-state index >= 15 is 0 Å². The average Bonchev–Trinajstić information content (AvgIpc) is 2.92. The van der Waals surface area contributed by atoms with E-state index in [0.29, 0.717) is 5.96 Å². The molecule has 7 heteroatoms. The summed E-state index contributed by atoms with van der Waals surface area (Å²) >= 11 is 0. The molecule has 0 fully saturated rings. The molecule has 0 saturated carbocycles. The van der Waals surface area contributed by atoms with Gasteiger partial charge in [0.25, 0.3) is 0 Å². The number of nitrogens with one attached hydrogen (secondary N) is 3. The fourth-order valence-corrected chi connectivity index (χ4v) is 1.84. The predicted molar refractivity (Wildman–Crippen MR) is 88.7 cm³/mol. The van der Waals surface area contributed by atoms with E-state index in [0.717, 1.165) is 26.1 Å². The largest absolute Gasteiger partial charge is 0.357 e. The maximum absolute atomic E-state index is 11.8. The first kappa shape index (κ1) is 18.0. The molecule has 0 aliphatic carbocycles. The fraction of sp³-hybridized carbons (Fsp3) is 0.667. The minimum absolute atomic E-state index is 0.0804. The van der Waals surface area contributed by atoms with Crippen LogP contribution < -0.4 is 16.0 Å². The van der Waals surface area contributed by atoms with Crippen LogP contribution in [0, 0.1) is 0 Å². The number of hydrogen-bond acceptors (Lipinski definition) is 3. The van der Waals surface area contributed by atoms with Gasteiger partial charge in [-0.1, -0.05) is 0 Å². The Morgan fingerprint density at radius 1 is 1.32 bits per heavy atom. The molecule has 124 valence electrons. The highest BCUT2D eigenvalue weighted by Gasteiger charge is 2.13. The van der Waals surface area contributed by atoms with Gasteiger partial charge in [0.1, 0.15) is 6.54 Å². The zero-order valence-electron chi connectivity index (χ0n) is 14.0. The average molecular weight is 308 g/mol. The van der Waals surface area contributed by atoms with Crippen LogP contribution in [-0.4, -0.2) is 46.6 Å². The molecule has 22 heavy (non-hydrogen) atoms. The van der Waals surface area contributed by atoms with Crippen molar-refractivity contribution in [3.63, 3.8) is 0 Å². The van der Waals surface area contributed by atoms with Crippen molar-refractivity contribution in [1.82, 2.24) is 25.5 Å². The van der Waals surface area contributed by atoms with Crippen molar-refractivity contribution in [2.24, 2.45) is 4.99 Å². The normalized spacial score (nSPS) is 12.1. The van der Waals surface area contributed by atoms with Crippen LogP contribution in [0.15, 0.2) is 23.7 Å². The van der Waals surface area contributed by atoms with Gasteiger partial charge in [0.2, 0.25) is 5.91 Å². The van der Waals surface area contributed by atoms with E-state index in [1.807, 2.05) is 38.5 Å². The molecule has 0 aliphatic heterocycles. The summed E-state index contributed by atoms with van der Waals surface area (Å²) in [5.74, 6) is 0.584. The van der Waals surface area contributed by atoms with Crippen LogP contribution in [0.5, 0.6) is 0 Å². The molecule has 0 atom stereocenters. The van der Waals surface area contributed by atoms with Crippen molar-refractivity contribution in [3.05, 3.63) is 18.7 Å². The third-order valence-corrected chi connectivity index (χ3v) is 2.68. The molecular formula is C15H28N6O. The smallest absolute Gasteiger partial charge is 0.242 e. The van der Waals surface area contributed by atoms with E-state index in [2.05, 4.69) is 25.9 Å². The van der Waals surface area contributed by atoms with Gasteiger partial charge in [-0.15, -0.1) is 0 Å². The lowest BCUT2D eigenvalue weighted by molar-refractivity contribution is -0.121. The second-order valence-corrected chi connectivity index (χ2v) is 6.07. The van der Waals surface area contributed by atoms with E-state index in [1.54, 1.807) is 12.5 Å². The number of amides is 1. The van der Waals surface area contributed by atoms with Gasteiger partial charge in [-0.3, -0.25) is 4.79 Å². The molecule has 0 aromatic carbocycles. The van der Waals surface area contributed by atoms with E-state index in [4.69, 9.17) is 0 Å². The number of hydrogen-bond donors (Lipinski definition) is 3. The SMILES string of the molecule is CCNC(=NCC(=O)NC(C)(C)C)NCCCn1ccnc1. The van der Waals surface area contributed by atoms with Gasteiger partial charge in [-0.2, -0.15) is 0 Å². The lowest BCUT2D eigenvalue weighted by atomic mass is 10.1. The molecule has 7 nitrogen and oxygen atoms in total. The second-order valence-electron chi connectivity index (χ2n) is 6.07. The van der Waals surface area contributed by atoms with Crippen LogP contribution in [-0.2, 0) is 11.3 Å². The summed E-state index contributed by atoms with van der Waals surface area (Å²) in [6.07, 6.45) is 6.47. The molecule has 1 rings (SSSR count). The number of carbonyl (C=O) groups excluding carboxylic acids is 1. The van der Waals surface area contributed by atoms with E-state index in [1.165, 1.54) is 0 Å². The van der Waals surface area contributed by atoms with Crippen molar-refractivity contribution in [3.8, 4) is 0 Å². The molecule has 3 N–H and O–H groups in total. The maximum Gasteiger partial charge on any atom is 0.242 e. The Hall–Kier alpha value is -2.05. The van der Waals surface area contributed by atoms with Crippen molar-refractivity contribution in [2.45, 2.75) is 46.2 Å². The second kappa shape index (κ2) is 9.07. The molecule has 1 amide bonds. The molecule has 0 spiro atoms. The maximum atomic E-state index is 11.8. The minimum atomic E-state index is -0.233. The molecule has 0 saturated heterocycles. The highest BCUT2D eigenvalue weighted by molar-refractivity contribution is 5.85.